The summed E-state index contributed by atoms with van der Waals surface area (Å²) in [6.45, 7) is 0. The summed E-state index contributed by atoms with van der Waals surface area (Å²) in [5, 5.41) is 0. The third-order valence-electron chi connectivity index (χ3n) is 0. The highest BCUT2D eigenvalue weighted by atomic mass is 28.3. The molecule has 5 nitrogen and oxygen atoms in total. The van der Waals surface area contributed by atoms with Gasteiger partial charge in [-0.3, -0.25) is 4.46 Å². The van der Waals surface area contributed by atoms with E-state index in [4.69, 9.17) is 14.1 Å². The van der Waals surface area contributed by atoms with Crippen LogP contribution in [-0.4, -0.2) is 32.9 Å². The van der Waals surface area contributed by atoms with Crippen molar-refractivity contribution in [2.24, 2.45) is 11.5 Å². The van der Waals surface area contributed by atoms with E-state index in [1.54, 1.807) is 0 Å². The molecule has 0 aliphatic carbocycles. The van der Waals surface area contributed by atoms with Gasteiger partial charge in [0.05, 0.1) is 0 Å². The molecule has 0 spiro atoms. The van der Waals surface area contributed by atoms with Gasteiger partial charge in [-0.05, 0) is 14.1 Å². The molecule has 0 aromatic heterocycles. The van der Waals surface area contributed by atoms with Gasteiger partial charge in [0.2, 0.25) is 0 Å². The van der Waals surface area contributed by atoms with E-state index in [1.807, 2.05) is 0 Å². The first-order valence-electron chi connectivity index (χ1n) is 1.81. The van der Waals surface area contributed by atoms with Crippen molar-refractivity contribution in [2.45, 2.75) is 0 Å². The molecule has 0 bridgehead atoms. The zero-order valence-corrected chi connectivity index (χ0v) is 5.96. The minimum atomic E-state index is -3.13. The van der Waals surface area contributed by atoms with Crippen molar-refractivity contribution in [3.8, 4) is 0 Å². The number of nitrogens with two attached hydrogens (primary N) is 2. The van der Waals surface area contributed by atoms with Crippen LogP contribution in [0, 0.1) is 0 Å². The summed E-state index contributed by atoms with van der Waals surface area (Å²) in [6, 6.07) is 0. The van der Waals surface area contributed by atoms with Gasteiger partial charge in [0.25, 0.3) is 0 Å². The van der Waals surface area contributed by atoms with Crippen molar-refractivity contribution >= 4 is 9.17 Å². The lowest BCUT2D eigenvalue weighted by Gasteiger charge is -1.55. The number of hydrogen-bond acceptors (Lipinski definition) is 3. The van der Waals surface area contributed by atoms with Crippen LogP contribution in [0.25, 0.3) is 0 Å². The normalized spacial score (nSPS) is 4.50. The third kappa shape index (κ3) is 531. The zero-order valence-electron chi connectivity index (χ0n) is 4.96. The van der Waals surface area contributed by atoms with Crippen LogP contribution in [0.5, 0.6) is 0 Å². The molecule has 0 atom stereocenters. The van der Waals surface area contributed by atoms with Gasteiger partial charge in [0.15, 0.2) is 0 Å². The second-order valence-electron chi connectivity index (χ2n) is 0.283. The van der Waals surface area contributed by atoms with Crippen LogP contribution in [0.3, 0.4) is 0 Å². The molecular weight excluding hydrogens is 128 g/mol. The van der Waals surface area contributed by atoms with E-state index in [2.05, 4.69) is 11.5 Å². The average Bonchev–Trinajstić information content (AvgIpc) is 1.75. The molecule has 0 rings (SSSR count). The van der Waals surface area contributed by atoms with Crippen LogP contribution < -0.4 is 11.5 Å². The van der Waals surface area contributed by atoms with Crippen molar-refractivity contribution in [2.75, 3.05) is 14.1 Å². The summed E-state index contributed by atoms with van der Waals surface area (Å²) in [5.41, 5.74) is 9.00. The fraction of sp³-hybridized carbons (Fsp3) is 1.00. The molecular formula is C2H12N2O3Si. The zero-order chi connectivity index (χ0) is 7.58. The number of hydrogen-bond donors (Lipinski definition) is 4. The van der Waals surface area contributed by atoms with Crippen LogP contribution in [-0.2, 0) is 4.46 Å². The molecule has 0 unspecified atom stereocenters. The maximum absolute atomic E-state index is 8.74. The Morgan fingerprint density at radius 3 is 1.12 bits per heavy atom. The molecule has 0 aromatic carbocycles. The van der Waals surface area contributed by atoms with Gasteiger partial charge in [0, 0.05) is 0 Å². The van der Waals surface area contributed by atoms with E-state index in [0.29, 0.717) is 0 Å². The van der Waals surface area contributed by atoms with Gasteiger partial charge >= 0.3 is 9.17 Å². The Kier molecular flexibility index (Phi) is 60.9. The van der Waals surface area contributed by atoms with E-state index in [9.17, 15) is 0 Å². The highest BCUT2D eigenvalue weighted by molar-refractivity contribution is 6.22. The first kappa shape index (κ1) is 15.6. The number of rotatable bonds is 0. The molecule has 6 N–H and O–H groups in total. The van der Waals surface area contributed by atoms with E-state index in [-0.39, 0.29) is 0 Å². The molecule has 0 heterocycles. The summed E-state index contributed by atoms with van der Waals surface area (Å²) >= 11 is 0. The van der Waals surface area contributed by atoms with E-state index >= 15 is 0 Å². The predicted octanol–water partition coefficient (Wildman–Crippen LogP) is -2.46. The summed E-state index contributed by atoms with van der Waals surface area (Å²) < 4.78 is 8.74. The lowest BCUT2D eigenvalue weighted by molar-refractivity contribution is 0.330. The van der Waals surface area contributed by atoms with Crippen LogP contribution in [0.4, 0.5) is 0 Å². The molecule has 0 aliphatic rings. The Hall–Kier alpha value is -0.463. The van der Waals surface area contributed by atoms with Crippen LogP contribution in [0.15, 0.2) is 0 Å². The smallest absolute Gasteiger partial charge is 0.511 e. The molecule has 0 saturated heterocycles. The molecule has 0 saturated carbocycles. The van der Waals surface area contributed by atoms with Crippen molar-refractivity contribution in [3.05, 3.63) is 0 Å². The highest BCUT2D eigenvalue weighted by Gasteiger charge is 1.85. The van der Waals surface area contributed by atoms with Crippen LogP contribution in [0.1, 0.15) is 0 Å². The van der Waals surface area contributed by atoms with Gasteiger partial charge in [0.1, 0.15) is 0 Å². The van der Waals surface area contributed by atoms with E-state index in [0.717, 1.165) is 0 Å². The van der Waals surface area contributed by atoms with Gasteiger partial charge in [-0.15, -0.1) is 0 Å². The standard InChI is InChI=1S/2CH5N.H2O3Si/c2*1-2;1-4(2)3/h2*2H2,1H3;1-2H. The fourth-order valence-electron chi connectivity index (χ4n) is 0. The first-order chi connectivity index (χ1) is 3.73. The lowest BCUT2D eigenvalue weighted by Crippen LogP contribution is -1.90. The predicted molar refractivity (Wildman–Crippen MR) is 31.1 cm³/mol. The monoisotopic (exact) mass is 140 g/mol. The van der Waals surface area contributed by atoms with Crippen LogP contribution in [0.2, 0.25) is 0 Å². The Bertz CT molecular complexity index is 38.3. The maximum Gasteiger partial charge on any atom is 0.761 e. The van der Waals surface area contributed by atoms with E-state index < -0.39 is 9.17 Å². The minimum Gasteiger partial charge on any atom is -0.511 e. The van der Waals surface area contributed by atoms with Gasteiger partial charge in [-0.1, -0.05) is 0 Å². The Labute approximate surface area is 49.8 Å². The second kappa shape index (κ2) is 31.1. The molecule has 0 aromatic rings. The fourth-order valence-corrected chi connectivity index (χ4v) is 0. The van der Waals surface area contributed by atoms with Crippen molar-refractivity contribution in [1.29, 1.82) is 0 Å². The largest absolute Gasteiger partial charge is 0.761 e. The summed E-state index contributed by atoms with van der Waals surface area (Å²) in [7, 11) is -0.130. The van der Waals surface area contributed by atoms with Gasteiger partial charge in [-0.25, -0.2) is 0 Å². The molecule has 0 amide bonds. The molecule has 0 fully saturated rings. The molecule has 8 heavy (non-hydrogen) atoms. The van der Waals surface area contributed by atoms with Gasteiger partial charge in [-0.2, -0.15) is 0 Å². The Balaban J connectivity index is -0.0000000542. The summed E-state index contributed by atoms with van der Waals surface area (Å²) in [4.78, 5) is 14.3. The average molecular weight is 140 g/mol. The Morgan fingerprint density at radius 1 is 1.12 bits per heavy atom. The minimum absolute atomic E-state index is 1.50. The lowest BCUT2D eigenvalue weighted by atomic mass is 11.6. The third-order valence-corrected chi connectivity index (χ3v) is 0. The van der Waals surface area contributed by atoms with E-state index in [1.165, 1.54) is 14.1 Å². The summed E-state index contributed by atoms with van der Waals surface area (Å²) in [6.07, 6.45) is 0. The van der Waals surface area contributed by atoms with Gasteiger partial charge < -0.3 is 21.1 Å². The van der Waals surface area contributed by atoms with Crippen molar-refractivity contribution < 1.29 is 14.1 Å². The first-order valence-corrected chi connectivity index (χ1v) is 3.11. The maximum atomic E-state index is 8.74. The topological polar surface area (TPSA) is 110 Å². The molecule has 52 valence electrons. The van der Waals surface area contributed by atoms with Crippen molar-refractivity contribution in [1.82, 2.24) is 0 Å². The quantitative estimate of drug-likeness (QED) is 0.279. The SMILES string of the molecule is CN.CN.O=[Si](O)O. The van der Waals surface area contributed by atoms with Crippen LogP contribution >= 0.6 is 0 Å². The Morgan fingerprint density at radius 2 is 1.12 bits per heavy atom. The highest BCUT2D eigenvalue weighted by Crippen LogP contribution is 1.27. The molecule has 0 radical (unpaired) electrons. The summed E-state index contributed by atoms with van der Waals surface area (Å²) in [5.74, 6) is 0. The molecule has 0 aliphatic heterocycles. The second-order valence-corrected chi connectivity index (χ2v) is 0.848. The van der Waals surface area contributed by atoms with Crippen molar-refractivity contribution in [3.63, 3.8) is 0 Å². The molecule has 6 heteroatoms.